The van der Waals surface area contributed by atoms with E-state index < -0.39 is 17.8 Å². The Morgan fingerprint density at radius 3 is 2.39 bits per heavy atom. The van der Waals surface area contributed by atoms with E-state index in [-0.39, 0.29) is 37.8 Å². The maximum atomic E-state index is 12.8. The van der Waals surface area contributed by atoms with Crippen LogP contribution in [0, 0.1) is 0 Å². The number of anilines is 1. The Labute approximate surface area is 174 Å². The molecule has 1 saturated heterocycles. The van der Waals surface area contributed by atoms with Crippen molar-refractivity contribution in [3.05, 3.63) is 56.5 Å². The molecule has 1 aliphatic rings. The largest absolute Gasteiger partial charge is 0.503 e. The molecule has 2 aromatic rings. The first kappa shape index (κ1) is 20.0. The van der Waals surface area contributed by atoms with Crippen LogP contribution in [0.2, 0.25) is 15.1 Å². The van der Waals surface area contributed by atoms with Gasteiger partial charge < -0.3 is 9.84 Å². The minimum atomic E-state index is -0.924. The van der Waals surface area contributed by atoms with E-state index in [9.17, 15) is 19.5 Å². The van der Waals surface area contributed by atoms with Gasteiger partial charge in [-0.3, -0.25) is 14.9 Å². The number of ether oxygens (including phenoxy) is 1. The van der Waals surface area contributed by atoms with Crippen molar-refractivity contribution in [3.63, 3.8) is 0 Å². The molecule has 0 radical (unpaired) electrons. The fraction of sp³-hybridized carbons (Fsp3) is 0.0556. The van der Waals surface area contributed by atoms with Crippen LogP contribution in [0.3, 0.4) is 0 Å². The zero-order valence-electron chi connectivity index (χ0n) is 14.1. The SMILES string of the molecule is COc1cc(/C=C2/C(=O)NC(=O)N(c3ccc(Cl)c(Cl)c3)C2=O)cc(Cl)c1O. The zero-order valence-corrected chi connectivity index (χ0v) is 16.4. The molecular weight excluding hydrogens is 431 g/mol. The van der Waals surface area contributed by atoms with Crippen LogP contribution in [-0.4, -0.2) is 30.1 Å². The number of hydrogen-bond acceptors (Lipinski definition) is 5. The number of nitrogens with zero attached hydrogens (tertiary/aromatic N) is 1. The number of urea groups is 1. The summed E-state index contributed by atoms with van der Waals surface area (Å²) in [6, 6.07) is 5.97. The molecule has 1 aliphatic heterocycles. The van der Waals surface area contributed by atoms with Crippen LogP contribution < -0.4 is 15.0 Å². The van der Waals surface area contributed by atoms with Crippen molar-refractivity contribution in [2.75, 3.05) is 12.0 Å². The highest BCUT2D eigenvalue weighted by molar-refractivity contribution is 6.43. The van der Waals surface area contributed by atoms with E-state index in [1.165, 1.54) is 43.5 Å². The summed E-state index contributed by atoms with van der Waals surface area (Å²) in [5.74, 6) is -1.97. The van der Waals surface area contributed by atoms with Gasteiger partial charge in [-0.15, -0.1) is 0 Å². The number of imide groups is 2. The number of barbiturate groups is 1. The summed E-state index contributed by atoms with van der Waals surface area (Å²) >= 11 is 17.7. The van der Waals surface area contributed by atoms with Gasteiger partial charge in [-0.2, -0.15) is 0 Å². The fourth-order valence-electron chi connectivity index (χ4n) is 2.52. The zero-order chi connectivity index (χ0) is 20.6. The molecule has 10 heteroatoms. The van der Waals surface area contributed by atoms with Gasteiger partial charge in [0, 0.05) is 0 Å². The van der Waals surface area contributed by atoms with Crippen molar-refractivity contribution in [1.82, 2.24) is 5.32 Å². The Morgan fingerprint density at radius 2 is 1.75 bits per heavy atom. The van der Waals surface area contributed by atoms with Crippen molar-refractivity contribution in [2.45, 2.75) is 0 Å². The number of amides is 4. The first-order valence-electron chi connectivity index (χ1n) is 7.66. The van der Waals surface area contributed by atoms with Gasteiger partial charge in [-0.1, -0.05) is 34.8 Å². The normalized spacial score (nSPS) is 15.8. The summed E-state index contributed by atoms with van der Waals surface area (Å²) < 4.78 is 5.00. The van der Waals surface area contributed by atoms with Crippen molar-refractivity contribution in [2.24, 2.45) is 0 Å². The van der Waals surface area contributed by atoms with E-state index in [2.05, 4.69) is 5.32 Å². The van der Waals surface area contributed by atoms with E-state index in [4.69, 9.17) is 39.5 Å². The van der Waals surface area contributed by atoms with Gasteiger partial charge in [0.25, 0.3) is 11.8 Å². The second-order valence-corrected chi connectivity index (χ2v) is 6.83. The second-order valence-electron chi connectivity index (χ2n) is 5.61. The standard InChI is InChI=1S/C18H11Cl3N2O5/c1-28-14-6-8(5-13(21)15(14)24)4-10-16(25)22-18(27)23(17(10)26)9-2-3-11(19)12(20)7-9/h2-7,24H,1H3,(H,22,25,27)/b10-4-. The topological polar surface area (TPSA) is 95.9 Å². The van der Waals surface area contributed by atoms with Crippen LogP contribution >= 0.6 is 34.8 Å². The van der Waals surface area contributed by atoms with Crippen molar-refractivity contribution >= 4 is 64.4 Å². The lowest BCUT2D eigenvalue weighted by molar-refractivity contribution is -0.122. The molecule has 28 heavy (non-hydrogen) atoms. The monoisotopic (exact) mass is 440 g/mol. The number of phenolic OH excluding ortho intramolecular Hbond substituents is 1. The van der Waals surface area contributed by atoms with Gasteiger partial charge in [-0.05, 0) is 42.0 Å². The molecule has 0 saturated carbocycles. The molecule has 0 unspecified atom stereocenters. The molecule has 0 atom stereocenters. The number of hydrogen-bond donors (Lipinski definition) is 2. The number of halogens is 3. The summed E-state index contributed by atoms with van der Waals surface area (Å²) in [6.07, 6.45) is 1.22. The molecule has 3 rings (SSSR count). The summed E-state index contributed by atoms with van der Waals surface area (Å²) in [4.78, 5) is 38.0. The molecule has 7 nitrogen and oxygen atoms in total. The number of methoxy groups -OCH3 is 1. The van der Waals surface area contributed by atoms with Gasteiger partial charge in [0.2, 0.25) is 0 Å². The first-order chi connectivity index (χ1) is 13.2. The van der Waals surface area contributed by atoms with Crippen molar-refractivity contribution in [3.8, 4) is 11.5 Å². The molecule has 1 heterocycles. The van der Waals surface area contributed by atoms with E-state index in [0.29, 0.717) is 5.56 Å². The van der Waals surface area contributed by atoms with Crippen LogP contribution in [0.15, 0.2) is 35.9 Å². The number of carbonyl (C=O) groups is 3. The number of aromatic hydroxyl groups is 1. The van der Waals surface area contributed by atoms with Crippen LogP contribution in [0.25, 0.3) is 6.08 Å². The Morgan fingerprint density at radius 1 is 1.04 bits per heavy atom. The van der Waals surface area contributed by atoms with Crippen LogP contribution in [0.4, 0.5) is 10.5 Å². The molecule has 0 aromatic heterocycles. The van der Waals surface area contributed by atoms with E-state index >= 15 is 0 Å². The lowest BCUT2D eigenvalue weighted by atomic mass is 10.1. The maximum Gasteiger partial charge on any atom is 0.335 e. The molecule has 144 valence electrons. The third kappa shape index (κ3) is 3.64. The predicted molar refractivity (Wildman–Crippen MR) is 105 cm³/mol. The Bertz CT molecular complexity index is 1050. The van der Waals surface area contributed by atoms with Crippen LogP contribution in [-0.2, 0) is 9.59 Å². The van der Waals surface area contributed by atoms with Crippen LogP contribution in [0.5, 0.6) is 11.5 Å². The average molecular weight is 442 g/mol. The second kappa shape index (κ2) is 7.71. The maximum absolute atomic E-state index is 12.8. The number of benzene rings is 2. The van der Waals surface area contributed by atoms with Gasteiger partial charge >= 0.3 is 6.03 Å². The first-order valence-corrected chi connectivity index (χ1v) is 8.79. The molecule has 2 aromatic carbocycles. The van der Waals surface area contributed by atoms with E-state index in [0.717, 1.165) is 4.90 Å². The molecule has 0 aliphatic carbocycles. The molecule has 0 bridgehead atoms. The van der Waals surface area contributed by atoms with E-state index in [1.807, 2.05) is 0 Å². The fourth-order valence-corrected chi connectivity index (χ4v) is 3.03. The van der Waals surface area contributed by atoms with Gasteiger partial charge in [0.1, 0.15) is 5.57 Å². The Balaban J connectivity index is 2.06. The van der Waals surface area contributed by atoms with Gasteiger partial charge in [0.15, 0.2) is 11.5 Å². The highest BCUT2D eigenvalue weighted by atomic mass is 35.5. The quantitative estimate of drug-likeness (QED) is 0.554. The summed E-state index contributed by atoms with van der Waals surface area (Å²) in [7, 11) is 1.32. The average Bonchev–Trinajstić information content (AvgIpc) is 2.64. The summed E-state index contributed by atoms with van der Waals surface area (Å²) in [5.41, 5.74) is 0.118. The Hall–Kier alpha value is -2.74. The highest BCUT2D eigenvalue weighted by Gasteiger charge is 2.37. The van der Waals surface area contributed by atoms with Gasteiger partial charge in [0.05, 0.1) is 27.9 Å². The molecule has 4 amide bonds. The lowest BCUT2D eigenvalue weighted by Gasteiger charge is -2.26. The summed E-state index contributed by atoms with van der Waals surface area (Å²) in [5, 5.41) is 12.2. The van der Waals surface area contributed by atoms with Crippen LogP contribution in [0.1, 0.15) is 5.56 Å². The number of nitrogens with one attached hydrogen (secondary N) is 1. The minimum Gasteiger partial charge on any atom is -0.503 e. The van der Waals surface area contributed by atoms with E-state index in [1.54, 1.807) is 0 Å². The molecule has 0 spiro atoms. The molecular formula is C18H11Cl3N2O5. The smallest absolute Gasteiger partial charge is 0.335 e. The van der Waals surface area contributed by atoms with Gasteiger partial charge in [-0.25, -0.2) is 9.69 Å². The lowest BCUT2D eigenvalue weighted by Crippen LogP contribution is -2.54. The number of carbonyl (C=O) groups excluding carboxylic acids is 3. The number of phenols is 1. The predicted octanol–water partition coefficient (Wildman–Crippen LogP) is 4.03. The minimum absolute atomic E-state index is 0.0349. The Kier molecular flexibility index (Phi) is 5.51. The summed E-state index contributed by atoms with van der Waals surface area (Å²) in [6.45, 7) is 0. The third-order valence-corrected chi connectivity index (χ3v) is 4.87. The molecule has 1 fully saturated rings. The highest BCUT2D eigenvalue weighted by Crippen LogP contribution is 2.36. The van der Waals surface area contributed by atoms with Crippen molar-refractivity contribution in [1.29, 1.82) is 0 Å². The van der Waals surface area contributed by atoms with Crippen molar-refractivity contribution < 1.29 is 24.2 Å². The third-order valence-electron chi connectivity index (χ3n) is 3.84. The molecule has 2 N–H and O–H groups in total. The number of rotatable bonds is 3.